The lowest BCUT2D eigenvalue weighted by Gasteiger charge is -2.03. The number of carboxylic acid groups (broad SMARTS) is 1. The molecule has 1 saturated carbocycles. The average molecular weight is 250 g/mol. The second kappa shape index (κ2) is 3.44. The highest BCUT2D eigenvalue weighted by molar-refractivity contribution is 5.96. The number of methoxy groups -OCH3 is 1. The summed E-state index contributed by atoms with van der Waals surface area (Å²) in [5.41, 5.74) is 0.578. The monoisotopic (exact) mass is 250 g/mol. The van der Waals surface area contributed by atoms with Crippen LogP contribution in [0.15, 0.2) is 18.3 Å². The van der Waals surface area contributed by atoms with Gasteiger partial charge in [0, 0.05) is 24.4 Å². The van der Waals surface area contributed by atoms with Crippen LogP contribution in [0.4, 0.5) is 4.39 Å². The molecule has 1 heterocycles. The van der Waals surface area contributed by atoms with Crippen LogP contribution in [-0.4, -0.2) is 28.0 Å². The summed E-state index contributed by atoms with van der Waals surface area (Å²) in [7, 11) is 1.43. The van der Waals surface area contributed by atoms with Crippen molar-refractivity contribution in [2.45, 2.75) is 18.6 Å². The Bertz CT molecular complexity index is 646. The van der Waals surface area contributed by atoms with Gasteiger partial charge in [-0.15, -0.1) is 0 Å². The molecule has 2 aromatic rings. The molecule has 1 aliphatic rings. The van der Waals surface area contributed by atoms with E-state index in [1.165, 1.54) is 30.1 Å². The first kappa shape index (κ1) is 11.0. The van der Waals surface area contributed by atoms with Gasteiger partial charge in [0.2, 0.25) is 5.79 Å². The zero-order valence-electron chi connectivity index (χ0n) is 9.68. The fourth-order valence-corrected chi connectivity index (χ4v) is 1.92. The van der Waals surface area contributed by atoms with Crippen molar-refractivity contribution in [1.82, 2.24) is 9.78 Å². The van der Waals surface area contributed by atoms with Crippen molar-refractivity contribution < 1.29 is 19.0 Å². The number of rotatable bonds is 3. The fourth-order valence-electron chi connectivity index (χ4n) is 1.92. The third-order valence-corrected chi connectivity index (χ3v) is 3.11. The molecular formula is C12H11FN2O3. The van der Waals surface area contributed by atoms with Crippen LogP contribution >= 0.6 is 0 Å². The van der Waals surface area contributed by atoms with Gasteiger partial charge in [-0.25, -0.2) is 13.9 Å². The molecule has 0 saturated heterocycles. The second-order valence-electron chi connectivity index (χ2n) is 4.41. The van der Waals surface area contributed by atoms with Crippen LogP contribution in [0.1, 0.15) is 23.2 Å². The Morgan fingerprint density at radius 3 is 2.83 bits per heavy atom. The van der Waals surface area contributed by atoms with Gasteiger partial charge in [0.1, 0.15) is 11.3 Å². The summed E-state index contributed by atoms with van der Waals surface area (Å²) in [4.78, 5) is 11.0. The zero-order chi connectivity index (χ0) is 12.9. The molecule has 1 aliphatic carbocycles. The Morgan fingerprint density at radius 1 is 1.56 bits per heavy atom. The molecule has 0 bridgehead atoms. The zero-order valence-corrected chi connectivity index (χ0v) is 9.68. The summed E-state index contributed by atoms with van der Waals surface area (Å²) in [5, 5.41) is 13.7. The van der Waals surface area contributed by atoms with Crippen molar-refractivity contribution in [1.29, 1.82) is 0 Å². The van der Waals surface area contributed by atoms with Crippen LogP contribution in [0, 0.1) is 0 Å². The number of benzene rings is 1. The maximum absolute atomic E-state index is 13.9. The van der Waals surface area contributed by atoms with Crippen LogP contribution in [-0.2, 0) is 5.79 Å². The number of carbonyl (C=O) groups is 1. The molecule has 0 amide bonds. The predicted octanol–water partition coefficient (Wildman–Crippen LogP) is 2.16. The van der Waals surface area contributed by atoms with Gasteiger partial charge in [-0.1, -0.05) is 0 Å². The lowest BCUT2D eigenvalue weighted by atomic mass is 10.1. The van der Waals surface area contributed by atoms with E-state index in [4.69, 9.17) is 9.84 Å². The van der Waals surface area contributed by atoms with Crippen molar-refractivity contribution in [3.8, 4) is 5.75 Å². The molecule has 0 aliphatic heterocycles. The fraction of sp³-hybridized carbons (Fsp3) is 0.333. The van der Waals surface area contributed by atoms with Crippen LogP contribution in [0.2, 0.25) is 0 Å². The standard InChI is InChI=1S/C12H11FN2O3/c1-18-9-5-7(11(16)17)4-8-6-15(14-10(8)9)12(13)2-3-12/h4-6H,2-3H2,1H3,(H,16,17). The summed E-state index contributed by atoms with van der Waals surface area (Å²) < 4.78 is 20.3. The molecule has 6 heteroatoms. The minimum atomic E-state index is -1.41. The van der Waals surface area contributed by atoms with Gasteiger partial charge in [0.05, 0.1) is 12.7 Å². The van der Waals surface area contributed by atoms with Gasteiger partial charge in [-0.3, -0.25) is 0 Å². The van der Waals surface area contributed by atoms with E-state index >= 15 is 0 Å². The topological polar surface area (TPSA) is 64.3 Å². The number of aromatic nitrogens is 2. The number of alkyl halides is 1. The van der Waals surface area contributed by atoms with E-state index in [1.807, 2.05) is 0 Å². The highest BCUT2D eigenvalue weighted by Crippen LogP contribution is 2.45. The largest absolute Gasteiger partial charge is 0.494 e. The smallest absolute Gasteiger partial charge is 0.335 e. The van der Waals surface area contributed by atoms with E-state index < -0.39 is 11.8 Å². The number of hydrogen-bond donors (Lipinski definition) is 1. The highest BCUT2D eigenvalue weighted by Gasteiger charge is 2.46. The van der Waals surface area contributed by atoms with E-state index in [1.54, 1.807) is 0 Å². The Kier molecular flexibility index (Phi) is 2.10. The normalized spacial score (nSPS) is 16.8. The second-order valence-corrected chi connectivity index (χ2v) is 4.41. The molecule has 3 rings (SSSR count). The minimum absolute atomic E-state index is 0.0996. The average Bonchev–Trinajstić information content (AvgIpc) is 2.93. The van der Waals surface area contributed by atoms with Gasteiger partial charge in [-0.2, -0.15) is 5.10 Å². The van der Waals surface area contributed by atoms with Crippen molar-refractivity contribution >= 4 is 16.9 Å². The first-order valence-electron chi connectivity index (χ1n) is 5.53. The highest BCUT2D eigenvalue weighted by atomic mass is 19.1. The van der Waals surface area contributed by atoms with Gasteiger partial charge >= 0.3 is 5.97 Å². The van der Waals surface area contributed by atoms with Crippen LogP contribution in [0.25, 0.3) is 10.9 Å². The third-order valence-electron chi connectivity index (χ3n) is 3.11. The SMILES string of the molecule is COc1cc(C(=O)O)cc2cn(C3(F)CC3)nc12. The molecule has 0 unspecified atom stereocenters. The molecule has 1 fully saturated rings. The molecule has 1 aromatic carbocycles. The van der Waals surface area contributed by atoms with E-state index in [9.17, 15) is 9.18 Å². The third kappa shape index (κ3) is 1.53. The Labute approximate surface area is 102 Å². The van der Waals surface area contributed by atoms with Crippen LogP contribution in [0.5, 0.6) is 5.75 Å². The first-order chi connectivity index (χ1) is 8.53. The summed E-state index contributed by atoms with van der Waals surface area (Å²) in [6.45, 7) is 0. The molecule has 1 aromatic heterocycles. The van der Waals surface area contributed by atoms with E-state index in [0.717, 1.165) is 0 Å². The Morgan fingerprint density at radius 2 is 2.28 bits per heavy atom. The molecule has 1 N–H and O–H groups in total. The lowest BCUT2D eigenvalue weighted by molar-refractivity contribution is 0.0696. The van der Waals surface area contributed by atoms with Crippen LogP contribution in [0.3, 0.4) is 0 Å². The number of carboxylic acids is 1. The minimum Gasteiger partial charge on any atom is -0.494 e. The molecule has 0 spiro atoms. The number of hydrogen-bond acceptors (Lipinski definition) is 3. The van der Waals surface area contributed by atoms with Gasteiger partial charge in [0.25, 0.3) is 0 Å². The van der Waals surface area contributed by atoms with Crippen molar-refractivity contribution in [3.63, 3.8) is 0 Å². The first-order valence-corrected chi connectivity index (χ1v) is 5.53. The number of halogens is 1. The lowest BCUT2D eigenvalue weighted by Crippen LogP contribution is -2.10. The van der Waals surface area contributed by atoms with Crippen molar-refractivity contribution in [2.24, 2.45) is 0 Å². The summed E-state index contributed by atoms with van der Waals surface area (Å²) in [6, 6.07) is 2.86. The molecule has 0 atom stereocenters. The number of nitrogens with zero attached hydrogens (tertiary/aromatic N) is 2. The quantitative estimate of drug-likeness (QED) is 0.906. The van der Waals surface area contributed by atoms with E-state index in [2.05, 4.69) is 5.10 Å². The summed E-state index contributed by atoms with van der Waals surface area (Å²) in [5.74, 6) is -2.12. The van der Waals surface area contributed by atoms with E-state index in [-0.39, 0.29) is 5.56 Å². The van der Waals surface area contributed by atoms with Crippen molar-refractivity contribution in [2.75, 3.05) is 7.11 Å². The molecular weight excluding hydrogens is 239 g/mol. The molecule has 18 heavy (non-hydrogen) atoms. The number of ether oxygens (including phenoxy) is 1. The van der Waals surface area contributed by atoms with Gasteiger partial charge in [0.15, 0.2) is 0 Å². The molecule has 5 nitrogen and oxygen atoms in total. The predicted molar refractivity (Wildman–Crippen MR) is 61.6 cm³/mol. The van der Waals surface area contributed by atoms with Crippen molar-refractivity contribution in [3.05, 3.63) is 23.9 Å². The Hall–Kier alpha value is -2.11. The Balaban J connectivity index is 2.22. The summed E-state index contributed by atoms with van der Waals surface area (Å²) in [6.07, 6.45) is 2.40. The van der Waals surface area contributed by atoms with Gasteiger partial charge in [-0.05, 0) is 12.1 Å². The molecule has 94 valence electrons. The maximum Gasteiger partial charge on any atom is 0.335 e. The summed E-state index contributed by atoms with van der Waals surface area (Å²) >= 11 is 0. The van der Waals surface area contributed by atoms with E-state index in [0.29, 0.717) is 29.5 Å². The number of aromatic carboxylic acids is 1. The maximum atomic E-state index is 13.9. The van der Waals surface area contributed by atoms with Gasteiger partial charge < -0.3 is 9.84 Å². The number of fused-ring (bicyclic) bond motifs is 1. The van der Waals surface area contributed by atoms with Crippen LogP contribution < -0.4 is 4.74 Å². The molecule has 0 radical (unpaired) electrons.